The van der Waals surface area contributed by atoms with E-state index >= 15 is 0 Å². The Morgan fingerprint density at radius 3 is 2.54 bits per heavy atom. The average molecular weight is 349 g/mol. The van der Waals surface area contributed by atoms with Crippen molar-refractivity contribution in [2.24, 2.45) is 0 Å². The van der Waals surface area contributed by atoms with Crippen molar-refractivity contribution in [2.45, 2.75) is 5.75 Å². The summed E-state index contributed by atoms with van der Waals surface area (Å²) in [5.74, 6) is -2.28. The van der Waals surface area contributed by atoms with Crippen molar-refractivity contribution >= 4 is 15.7 Å². The van der Waals surface area contributed by atoms with Crippen LogP contribution >= 0.6 is 0 Å². The first-order valence-electron chi connectivity index (χ1n) is 6.98. The molecule has 0 spiro atoms. The highest BCUT2D eigenvalue weighted by Crippen LogP contribution is 2.26. The highest BCUT2D eigenvalue weighted by atomic mass is 32.2. The van der Waals surface area contributed by atoms with Crippen molar-refractivity contribution in [3.8, 4) is 11.3 Å². The Labute approximate surface area is 137 Å². The molecular formula is C16H13F2N3O2S. The van der Waals surface area contributed by atoms with Gasteiger partial charge in [-0.1, -0.05) is 36.4 Å². The number of halogens is 2. The third-order valence-corrected chi connectivity index (χ3v) is 4.55. The van der Waals surface area contributed by atoms with Crippen molar-refractivity contribution in [1.29, 1.82) is 0 Å². The zero-order valence-electron chi connectivity index (χ0n) is 12.3. The zero-order chi connectivity index (χ0) is 17.2. The zero-order valence-corrected chi connectivity index (χ0v) is 13.1. The van der Waals surface area contributed by atoms with Gasteiger partial charge in [-0.2, -0.15) is 5.10 Å². The van der Waals surface area contributed by atoms with Gasteiger partial charge in [0.25, 0.3) is 0 Å². The van der Waals surface area contributed by atoms with E-state index in [0.29, 0.717) is 11.8 Å². The van der Waals surface area contributed by atoms with Gasteiger partial charge in [-0.05, 0) is 6.07 Å². The van der Waals surface area contributed by atoms with Gasteiger partial charge in [0.1, 0.15) is 11.6 Å². The van der Waals surface area contributed by atoms with Crippen LogP contribution in [0.2, 0.25) is 0 Å². The van der Waals surface area contributed by atoms with Gasteiger partial charge < -0.3 is 0 Å². The van der Waals surface area contributed by atoms with Crippen LogP contribution < -0.4 is 4.72 Å². The van der Waals surface area contributed by atoms with Gasteiger partial charge in [0.05, 0.1) is 23.3 Å². The van der Waals surface area contributed by atoms with Crippen LogP contribution in [0.5, 0.6) is 0 Å². The molecule has 0 bridgehead atoms. The van der Waals surface area contributed by atoms with Crippen LogP contribution in [0.1, 0.15) is 5.56 Å². The summed E-state index contributed by atoms with van der Waals surface area (Å²) >= 11 is 0. The smallest absolute Gasteiger partial charge is 0.237 e. The van der Waals surface area contributed by atoms with Crippen LogP contribution in [0.25, 0.3) is 11.3 Å². The topological polar surface area (TPSA) is 74.8 Å². The Morgan fingerprint density at radius 2 is 1.83 bits per heavy atom. The summed E-state index contributed by atoms with van der Waals surface area (Å²) in [5, 5.41) is 6.57. The molecule has 2 N–H and O–H groups in total. The highest BCUT2D eigenvalue weighted by Gasteiger charge is 2.18. The van der Waals surface area contributed by atoms with Crippen molar-refractivity contribution in [1.82, 2.24) is 10.2 Å². The number of rotatable bonds is 5. The summed E-state index contributed by atoms with van der Waals surface area (Å²) in [6.07, 6.45) is 1.33. The summed E-state index contributed by atoms with van der Waals surface area (Å²) < 4.78 is 53.5. The van der Waals surface area contributed by atoms with Crippen molar-refractivity contribution in [2.75, 3.05) is 4.72 Å². The predicted octanol–water partition coefficient (Wildman–Crippen LogP) is 3.30. The monoisotopic (exact) mass is 349 g/mol. The third kappa shape index (κ3) is 3.60. The molecule has 5 nitrogen and oxygen atoms in total. The van der Waals surface area contributed by atoms with Gasteiger partial charge in [0, 0.05) is 17.2 Å². The fraction of sp³-hybridized carbons (Fsp3) is 0.0625. The van der Waals surface area contributed by atoms with Crippen molar-refractivity contribution in [3.05, 3.63) is 71.9 Å². The van der Waals surface area contributed by atoms with Gasteiger partial charge >= 0.3 is 0 Å². The van der Waals surface area contributed by atoms with Crippen LogP contribution in [-0.2, 0) is 15.8 Å². The lowest BCUT2D eigenvalue weighted by atomic mass is 10.1. The molecule has 124 valence electrons. The Bertz CT molecular complexity index is 956. The Kier molecular flexibility index (Phi) is 4.30. The standard InChI is InChI=1S/C16H13F2N3O2S/c17-13-7-6-12(14(18)8-13)10-24(22,23)21-15-9-19-20-16(15)11-4-2-1-3-5-11/h1-9,21H,10H2,(H,19,20). The number of sulfonamides is 1. The van der Waals surface area contributed by atoms with Crippen LogP contribution in [0.15, 0.2) is 54.7 Å². The molecule has 0 amide bonds. The van der Waals surface area contributed by atoms with E-state index in [1.807, 2.05) is 18.2 Å². The van der Waals surface area contributed by atoms with E-state index in [1.54, 1.807) is 12.1 Å². The van der Waals surface area contributed by atoms with Gasteiger partial charge in [-0.25, -0.2) is 17.2 Å². The first-order chi connectivity index (χ1) is 11.4. The molecule has 0 saturated carbocycles. The normalized spacial score (nSPS) is 11.4. The summed E-state index contributed by atoms with van der Waals surface area (Å²) in [7, 11) is -3.90. The molecule has 0 saturated heterocycles. The van der Waals surface area contributed by atoms with Gasteiger partial charge in [-0.15, -0.1) is 0 Å². The number of H-pyrrole nitrogens is 1. The lowest BCUT2D eigenvalue weighted by Gasteiger charge is -2.09. The van der Waals surface area contributed by atoms with E-state index in [9.17, 15) is 17.2 Å². The lowest BCUT2D eigenvalue weighted by Crippen LogP contribution is -2.16. The second kappa shape index (κ2) is 6.40. The first-order valence-corrected chi connectivity index (χ1v) is 8.63. The molecule has 0 fully saturated rings. The van der Waals surface area contributed by atoms with E-state index in [-0.39, 0.29) is 11.3 Å². The molecule has 24 heavy (non-hydrogen) atoms. The number of hydrogen-bond donors (Lipinski definition) is 2. The molecule has 3 rings (SSSR count). The molecule has 2 aromatic carbocycles. The summed E-state index contributed by atoms with van der Waals surface area (Å²) in [6, 6.07) is 11.8. The predicted molar refractivity (Wildman–Crippen MR) is 86.6 cm³/mol. The summed E-state index contributed by atoms with van der Waals surface area (Å²) in [4.78, 5) is 0. The van der Waals surface area contributed by atoms with Crippen molar-refractivity contribution in [3.63, 3.8) is 0 Å². The number of nitrogens with zero attached hydrogens (tertiary/aromatic N) is 1. The van der Waals surface area contributed by atoms with Crippen LogP contribution in [-0.4, -0.2) is 18.6 Å². The molecule has 1 heterocycles. The quantitative estimate of drug-likeness (QED) is 0.742. The van der Waals surface area contributed by atoms with Crippen LogP contribution in [0.4, 0.5) is 14.5 Å². The molecule has 0 unspecified atom stereocenters. The first kappa shape index (κ1) is 16.1. The average Bonchev–Trinajstić information content (AvgIpc) is 2.98. The van der Waals surface area contributed by atoms with E-state index in [1.165, 1.54) is 6.20 Å². The minimum atomic E-state index is -3.90. The molecule has 8 heteroatoms. The van der Waals surface area contributed by atoms with Crippen LogP contribution in [0.3, 0.4) is 0 Å². The van der Waals surface area contributed by atoms with E-state index in [2.05, 4.69) is 14.9 Å². The minimum absolute atomic E-state index is 0.117. The third-order valence-electron chi connectivity index (χ3n) is 3.33. The number of aromatic nitrogens is 2. The maximum atomic E-state index is 13.7. The molecular weight excluding hydrogens is 336 g/mol. The Morgan fingerprint density at radius 1 is 1.08 bits per heavy atom. The Balaban J connectivity index is 1.84. The second-order valence-electron chi connectivity index (χ2n) is 5.12. The molecule has 3 aromatic rings. The number of benzene rings is 2. The molecule has 0 aliphatic carbocycles. The van der Waals surface area contributed by atoms with Gasteiger partial charge in [0.15, 0.2) is 0 Å². The molecule has 0 aliphatic rings. The number of hydrogen-bond acceptors (Lipinski definition) is 3. The summed E-state index contributed by atoms with van der Waals surface area (Å²) in [5.41, 5.74) is 1.39. The van der Waals surface area contributed by atoms with Gasteiger partial charge in [0.2, 0.25) is 10.0 Å². The molecule has 0 radical (unpaired) electrons. The maximum Gasteiger partial charge on any atom is 0.237 e. The van der Waals surface area contributed by atoms with E-state index in [4.69, 9.17) is 0 Å². The van der Waals surface area contributed by atoms with E-state index < -0.39 is 27.4 Å². The van der Waals surface area contributed by atoms with E-state index in [0.717, 1.165) is 17.7 Å². The van der Waals surface area contributed by atoms with Crippen LogP contribution in [0, 0.1) is 11.6 Å². The SMILES string of the molecule is O=S(=O)(Cc1ccc(F)cc1F)Nc1cn[nH]c1-c1ccccc1. The summed E-state index contributed by atoms with van der Waals surface area (Å²) in [6.45, 7) is 0. The molecule has 1 aromatic heterocycles. The number of anilines is 1. The number of aromatic amines is 1. The lowest BCUT2D eigenvalue weighted by molar-refractivity contribution is 0.570. The largest absolute Gasteiger partial charge is 0.279 e. The highest BCUT2D eigenvalue weighted by molar-refractivity contribution is 7.91. The fourth-order valence-corrected chi connectivity index (χ4v) is 3.44. The fourth-order valence-electron chi connectivity index (χ4n) is 2.24. The minimum Gasteiger partial charge on any atom is -0.279 e. The maximum absolute atomic E-state index is 13.7. The Hall–Kier alpha value is -2.74. The van der Waals surface area contributed by atoms with Gasteiger partial charge in [-0.3, -0.25) is 9.82 Å². The molecule has 0 aliphatic heterocycles. The number of nitrogens with one attached hydrogen (secondary N) is 2. The molecule has 0 atom stereocenters. The second-order valence-corrected chi connectivity index (χ2v) is 6.84. The van der Waals surface area contributed by atoms with Crippen molar-refractivity contribution < 1.29 is 17.2 Å².